The number of carbonyl (C=O) groups is 2. The van der Waals surface area contributed by atoms with Crippen LogP contribution in [-0.4, -0.2) is 23.6 Å². The van der Waals surface area contributed by atoms with E-state index in [-0.39, 0.29) is 18.0 Å². The van der Waals surface area contributed by atoms with Crippen LogP contribution < -0.4 is 10.1 Å². The zero-order valence-electron chi connectivity index (χ0n) is 14.5. The lowest BCUT2D eigenvalue weighted by molar-refractivity contribution is -0.121. The quantitative estimate of drug-likeness (QED) is 0.680. The molecule has 0 atom stereocenters. The lowest BCUT2D eigenvalue weighted by Crippen LogP contribution is -2.22. The number of nitrogens with one attached hydrogen (secondary N) is 1. The minimum atomic E-state index is -1.03. The number of unbranched alkanes of at least 4 members (excludes halogenated alkanes) is 1. The number of furan rings is 1. The summed E-state index contributed by atoms with van der Waals surface area (Å²) in [6, 6.07) is 9.29. The highest BCUT2D eigenvalue weighted by Gasteiger charge is 2.14. The van der Waals surface area contributed by atoms with Gasteiger partial charge in [0.2, 0.25) is 5.91 Å². The van der Waals surface area contributed by atoms with Crippen molar-refractivity contribution >= 4 is 11.9 Å². The molecule has 0 radical (unpaired) electrons. The maximum absolute atomic E-state index is 11.8. The highest BCUT2D eigenvalue weighted by Crippen LogP contribution is 2.15. The second kappa shape index (κ2) is 8.92. The van der Waals surface area contributed by atoms with Gasteiger partial charge in [-0.2, -0.15) is 0 Å². The number of benzene rings is 1. The number of aromatic carboxylic acids is 1. The van der Waals surface area contributed by atoms with Crippen molar-refractivity contribution in [2.24, 2.45) is 0 Å². The van der Waals surface area contributed by atoms with Gasteiger partial charge in [0.15, 0.2) is 0 Å². The van der Waals surface area contributed by atoms with Gasteiger partial charge >= 0.3 is 5.97 Å². The van der Waals surface area contributed by atoms with E-state index in [1.807, 2.05) is 31.2 Å². The third-order valence-corrected chi connectivity index (χ3v) is 3.72. The van der Waals surface area contributed by atoms with Crippen LogP contribution in [0.5, 0.6) is 5.75 Å². The summed E-state index contributed by atoms with van der Waals surface area (Å²) in [7, 11) is 0. The van der Waals surface area contributed by atoms with Gasteiger partial charge in [-0.15, -0.1) is 0 Å². The van der Waals surface area contributed by atoms with E-state index in [2.05, 4.69) is 5.32 Å². The maximum atomic E-state index is 11.8. The Hall–Kier alpha value is -2.76. The van der Waals surface area contributed by atoms with Gasteiger partial charge in [-0.05, 0) is 50.5 Å². The Morgan fingerprint density at radius 1 is 1.20 bits per heavy atom. The molecule has 0 spiro atoms. The predicted octanol–water partition coefficient (Wildman–Crippen LogP) is 3.46. The Morgan fingerprint density at radius 3 is 2.68 bits per heavy atom. The van der Waals surface area contributed by atoms with Crippen LogP contribution >= 0.6 is 0 Å². The van der Waals surface area contributed by atoms with Gasteiger partial charge < -0.3 is 19.6 Å². The molecule has 1 heterocycles. The minimum Gasteiger partial charge on any atom is -0.494 e. The molecular weight excluding hydrogens is 322 g/mol. The first-order chi connectivity index (χ1) is 12.0. The van der Waals surface area contributed by atoms with E-state index in [4.69, 9.17) is 14.3 Å². The van der Waals surface area contributed by atoms with Gasteiger partial charge in [-0.3, -0.25) is 4.79 Å². The lowest BCUT2D eigenvalue weighted by Gasteiger charge is -2.07. The number of amides is 1. The van der Waals surface area contributed by atoms with Crippen LogP contribution in [0.25, 0.3) is 0 Å². The molecule has 1 aromatic carbocycles. The van der Waals surface area contributed by atoms with E-state index in [0.717, 1.165) is 24.2 Å². The third kappa shape index (κ3) is 5.99. The first-order valence-corrected chi connectivity index (χ1v) is 8.24. The summed E-state index contributed by atoms with van der Waals surface area (Å²) in [6.45, 7) is 4.35. The smallest absolute Gasteiger partial charge is 0.339 e. The molecule has 0 unspecified atom stereocenters. The van der Waals surface area contributed by atoms with Crippen molar-refractivity contribution < 1.29 is 23.8 Å². The molecule has 0 fully saturated rings. The van der Waals surface area contributed by atoms with Gasteiger partial charge in [0, 0.05) is 6.42 Å². The van der Waals surface area contributed by atoms with Gasteiger partial charge in [0.25, 0.3) is 0 Å². The number of carboxylic acid groups (broad SMARTS) is 1. The molecule has 2 rings (SSSR count). The number of rotatable bonds is 9. The zero-order valence-corrected chi connectivity index (χ0v) is 14.5. The predicted molar refractivity (Wildman–Crippen MR) is 92.8 cm³/mol. The zero-order chi connectivity index (χ0) is 18.2. The third-order valence-electron chi connectivity index (χ3n) is 3.72. The first-order valence-electron chi connectivity index (χ1n) is 8.24. The monoisotopic (exact) mass is 345 g/mol. The molecule has 2 aromatic rings. The summed E-state index contributed by atoms with van der Waals surface area (Å²) in [5.74, 6) is 0.483. The average molecular weight is 345 g/mol. The molecule has 2 N–H and O–H groups in total. The maximum Gasteiger partial charge on any atom is 0.339 e. The molecule has 134 valence electrons. The highest BCUT2D eigenvalue weighted by molar-refractivity contribution is 5.88. The first kappa shape index (κ1) is 18.6. The highest BCUT2D eigenvalue weighted by atomic mass is 16.5. The summed E-state index contributed by atoms with van der Waals surface area (Å²) in [6.07, 6.45) is 1.89. The lowest BCUT2D eigenvalue weighted by atomic mass is 10.2. The minimum absolute atomic E-state index is 0.0958. The Labute approximate surface area is 146 Å². The van der Waals surface area contributed by atoms with Crippen LogP contribution in [0.3, 0.4) is 0 Å². The van der Waals surface area contributed by atoms with Crippen LogP contribution in [0.15, 0.2) is 34.7 Å². The summed E-state index contributed by atoms with van der Waals surface area (Å²) in [5, 5.41) is 11.7. The van der Waals surface area contributed by atoms with E-state index in [1.54, 1.807) is 6.92 Å². The summed E-state index contributed by atoms with van der Waals surface area (Å²) in [5.41, 5.74) is 1.27. The standard InChI is InChI=1S/C19H23NO5/c1-13-6-5-7-15(10-13)24-9-4-3-8-18(21)20-12-16-11-17(19(22)23)14(2)25-16/h5-7,10-11H,3-4,8-9,12H2,1-2H3,(H,20,21)(H,22,23). The number of ether oxygens (including phenoxy) is 1. The molecule has 1 aromatic heterocycles. The molecule has 25 heavy (non-hydrogen) atoms. The Morgan fingerprint density at radius 2 is 2.00 bits per heavy atom. The topological polar surface area (TPSA) is 88.8 Å². The van der Waals surface area contributed by atoms with E-state index in [9.17, 15) is 9.59 Å². The fourth-order valence-electron chi connectivity index (χ4n) is 2.40. The van der Waals surface area contributed by atoms with Crippen molar-refractivity contribution in [1.82, 2.24) is 5.32 Å². The summed E-state index contributed by atoms with van der Waals surface area (Å²) in [4.78, 5) is 22.7. The van der Waals surface area contributed by atoms with Crippen molar-refractivity contribution in [3.05, 3.63) is 53.0 Å². The Bertz CT molecular complexity index is 735. The van der Waals surface area contributed by atoms with Crippen LogP contribution in [0.4, 0.5) is 0 Å². The SMILES string of the molecule is Cc1cccc(OCCCCC(=O)NCc2cc(C(=O)O)c(C)o2)c1. The van der Waals surface area contributed by atoms with Gasteiger partial charge in [0.1, 0.15) is 22.8 Å². The van der Waals surface area contributed by atoms with Crippen molar-refractivity contribution in [3.63, 3.8) is 0 Å². The molecule has 0 saturated heterocycles. The molecular formula is C19H23NO5. The van der Waals surface area contributed by atoms with Crippen LogP contribution in [0.1, 0.15) is 46.7 Å². The Kier molecular flexibility index (Phi) is 6.62. The molecule has 0 bridgehead atoms. The normalized spacial score (nSPS) is 10.5. The van der Waals surface area contributed by atoms with Crippen molar-refractivity contribution in [2.75, 3.05) is 6.61 Å². The molecule has 6 nitrogen and oxygen atoms in total. The van der Waals surface area contributed by atoms with Crippen molar-refractivity contribution in [1.29, 1.82) is 0 Å². The number of aryl methyl sites for hydroxylation is 2. The molecule has 6 heteroatoms. The fourth-order valence-corrected chi connectivity index (χ4v) is 2.40. The molecule has 0 saturated carbocycles. The average Bonchev–Trinajstić information content (AvgIpc) is 2.94. The second-order valence-electron chi connectivity index (χ2n) is 5.89. The van der Waals surface area contributed by atoms with Crippen molar-refractivity contribution in [3.8, 4) is 5.75 Å². The molecule has 0 aliphatic carbocycles. The number of carboxylic acids is 1. The molecule has 0 aliphatic rings. The number of hydrogen-bond donors (Lipinski definition) is 2. The van der Waals surface area contributed by atoms with Gasteiger partial charge in [-0.25, -0.2) is 4.79 Å². The second-order valence-corrected chi connectivity index (χ2v) is 5.89. The van der Waals surface area contributed by atoms with E-state index < -0.39 is 5.97 Å². The molecule has 1 amide bonds. The summed E-state index contributed by atoms with van der Waals surface area (Å²) >= 11 is 0. The molecule has 0 aliphatic heterocycles. The fraction of sp³-hybridized carbons (Fsp3) is 0.368. The Balaban J connectivity index is 1.62. The van der Waals surface area contributed by atoms with Crippen LogP contribution in [0, 0.1) is 13.8 Å². The van der Waals surface area contributed by atoms with E-state index in [1.165, 1.54) is 6.07 Å². The van der Waals surface area contributed by atoms with Gasteiger partial charge in [0.05, 0.1) is 13.2 Å². The summed E-state index contributed by atoms with van der Waals surface area (Å²) < 4.78 is 10.9. The van der Waals surface area contributed by atoms with E-state index >= 15 is 0 Å². The number of carbonyl (C=O) groups excluding carboxylic acids is 1. The van der Waals surface area contributed by atoms with E-state index in [0.29, 0.717) is 24.5 Å². The van der Waals surface area contributed by atoms with Crippen molar-refractivity contribution in [2.45, 2.75) is 39.7 Å². The largest absolute Gasteiger partial charge is 0.494 e. The van der Waals surface area contributed by atoms with Crippen LogP contribution in [0.2, 0.25) is 0 Å². The number of hydrogen-bond acceptors (Lipinski definition) is 4. The van der Waals surface area contributed by atoms with Gasteiger partial charge in [-0.1, -0.05) is 12.1 Å². The van der Waals surface area contributed by atoms with Crippen LogP contribution in [-0.2, 0) is 11.3 Å².